The number of amides is 1. The van der Waals surface area contributed by atoms with Crippen LogP contribution in [-0.4, -0.2) is 41.5 Å². The standard InChI is InChI=1S/C23H41NO4/c1-2-17-28-22-18-21(26)19(13-9-6-7-11-15-23(24)27)20(22)14-10-5-3-4-8-12-16-25/h6,9-10,14,19-22,25-26H,2-5,7-8,11-13,15-18H2,1H3,(H2,24,27)/b9-6-,14-10+/t19?,20-,21-,22+/m0/s1. The van der Waals surface area contributed by atoms with E-state index in [-0.39, 0.29) is 36.6 Å². The lowest BCUT2D eigenvalue weighted by Gasteiger charge is -2.22. The van der Waals surface area contributed by atoms with Crippen LogP contribution in [0.15, 0.2) is 24.3 Å². The number of allylic oxidation sites excluding steroid dienone is 3. The number of hydrogen-bond acceptors (Lipinski definition) is 4. The van der Waals surface area contributed by atoms with E-state index in [1.54, 1.807) is 0 Å². The number of carbonyl (C=O) groups is 1. The van der Waals surface area contributed by atoms with E-state index in [4.69, 9.17) is 15.6 Å². The third-order valence-electron chi connectivity index (χ3n) is 5.43. The molecule has 4 atom stereocenters. The lowest BCUT2D eigenvalue weighted by Crippen LogP contribution is -2.22. The number of nitrogens with two attached hydrogens (primary N) is 1. The molecule has 0 aliphatic heterocycles. The number of ether oxygens (including phenoxy) is 1. The number of unbranched alkanes of at least 4 members (excludes halogenated alkanes) is 5. The second kappa shape index (κ2) is 15.7. The maximum atomic E-state index is 10.8. The van der Waals surface area contributed by atoms with Gasteiger partial charge in [-0.05, 0) is 50.9 Å². The first-order chi connectivity index (χ1) is 13.6. The zero-order chi connectivity index (χ0) is 20.6. The van der Waals surface area contributed by atoms with Crippen molar-refractivity contribution in [2.24, 2.45) is 17.6 Å². The van der Waals surface area contributed by atoms with E-state index in [0.29, 0.717) is 12.8 Å². The van der Waals surface area contributed by atoms with Gasteiger partial charge >= 0.3 is 0 Å². The maximum absolute atomic E-state index is 10.8. The molecule has 162 valence electrons. The Morgan fingerprint density at radius 2 is 1.86 bits per heavy atom. The van der Waals surface area contributed by atoms with Gasteiger partial charge in [0.25, 0.3) is 0 Å². The van der Waals surface area contributed by atoms with E-state index >= 15 is 0 Å². The van der Waals surface area contributed by atoms with Gasteiger partial charge in [0, 0.05) is 32.0 Å². The number of carbonyl (C=O) groups excluding carboxylic acids is 1. The molecule has 5 nitrogen and oxygen atoms in total. The highest BCUT2D eigenvalue weighted by molar-refractivity contribution is 5.73. The number of primary amides is 1. The summed E-state index contributed by atoms with van der Waals surface area (Å²) >= 11 is 0. The van der Waals surface area contributed by atoms with E-state index in [1.165, 1.54) is 0 Å². The highest BCUT2D eigenvalue weighted by atomic mass is 16.5. The van der Waals surface area contributed by atoms with Crippen LogP contribution in [0.3, 0.4) is 0 Å². The summed E-state index contributed by atoms with van der Waals surface area (Å²) in [5, 5.41) is 19.4. The van der Waals surface area contributed by atoms with Gasteiger partial charge in [-0.15, -0.1) is 0 Å². The normalized spacial score (nSPS) is 25.2. The lowest BCUT2D eigenvalue weighted by molar-refractivity contribution is -0.118. The van der Waals surface area contributed by atoms with Crippen LogP contribution in [0.1, 0.15) is 77.6 Å². The van der Waals surface area contributed by atoms with Crippen LogP contribution in [0.4, 0.5) is 0 Å². The first-order valence-electron chi connectivity index (χ1n) is 11.1. The SMILES string of the molecule is CCCO[C@@H]1C[C@H](O)C(C/C=C\CCCC(N)=O)[C@@H]1/C=C/CCCCCCO. The smallest absolute Gasteiger partial charge is 0.217 e. The zero-order valence-corrected chi connectivity index (χ0v) is 17.6. The summed E-state index contributed by atoms with van der Waals surface area (Å²) in [7, 11) is 0. The summed E-state index contributed by atoms with van der Waals surface area (Å²) in [6.07, 6.45) is 18.3. The molecule has 0 aromatic rings. The molecule has 1 aliphatic rings. The second-order valence-corrected chi connectivity index (χ2v) is 7.87. The molecular formula is C23H41NO4. The Hall–Kier alpha value is -1.17. The molecule has 1 saturated carbocycles. The Balaban J connectivity index is 2.52. The van der Waals surface area contributed by atoms with Crippen LogP contribution in [0, 0.1) is 11.8 Å². The van der Waals surface area contributed by atoms with Gasteiger partial charge in [0.2, 0.25) is 5.91 Å². The molecule has 5 heteroatoms. The fourth-order valence-electron chi connectivity index (χ4n) is 3.88. The molecule has 0 bridgehead atoms. The van der Waals surface area contributed by atoms with Crippen LogP contribution < -0.4 is 5.73 Å². The number of hydrogen-bond donors (Lipinski definition) is 3. The summed E-state index contributed by atoms with van der Waals surface area (Å²) in [5.41, 5.74) is 5.16. The predicted octanol–water partition coefficient (Wildman–Crippen LogP) is 3.88. The number of aliphatic hydroxyl groups excluding tert-OH is 2. The molecule has 1 aliphatic carbocycles. The number of rotatable bonds is 16. The van der Waals surface area contributed by atoms with Gasteiger partial charge in [0.05, 0.1) is 12.2 Å². The predicted molar refractivity (Wildman–Crippen MR) is 114 cm³/mol. The third-order valence-corrected chi connectivity index (χ3v) is 5.43. The van der Waals surface area contributed by atoms with Gasteiger partial charge in [-0.1, -0.05) is 44.1 Å². The van der Waals surface area contributed by atoms with Crippen LogP contribution in [0.2, 0.25) is 0 Å². The molecular weight excluding hydrogens is 354 g/mol. The summed E-state index contributed by atoms with van der Waals surface area (Å²) < 4.78 is 6.03. The fraction of sp³-hybridized carbons (Fsp3) is 0.783. The molecule has 0 aromatic carbocycles. The summed E-state index contributed by atoms with van der Waals surface area (Å²) in [6, 6.07) is 0. The first kappa shape index (κ1) is 24.9. The fourth-order valence-corrected chi connectivity index (χ4v) is 3.88. The zero-order valence-electron chi connectivity index (χ0n) is 17.6. The van der Waals surface area contributed by atoms with Crippen LogP contribution in [0.25, 0.3) is 0 Å². The Bertz CT molecular complexity index is 464. The van der Waals surface area contributed by atoms with Crippen molar-refractivity contribution in [2.45, 2.75) is 89.8 Å². The highest BCUT2D eigenvalue weighted by Gasteiger charge is 2.40. The Morgan fingerprint density at radius 3 is 2.57 bits per heavy atom. The van der Waals surface area contributed by atoms with Crippen molar-refractivity contribution in [1.82, 2.24) is 0 Å². The van der Waals surface area contributed by atoms with Gasteiger partial charge in [-0.2, -0.15) is 0 Å². The second-order valence-electron chi connectivity index (χ2n) is 7.87. The molecule has 0 spiro atoms. The number of aliphatic hydroxyl groups is 2. The third kappa shape index (κ3) is 10.4. The summed E-state index contributed by atoms with van der Waals surface area (Å²) in [6.45, 7) is 3.12. The van der Waals surface area contributed by atoms with Crippen molar-refractivity contribution >= 4 is 5.91 Å². The summed E-state index contributed by atoms with van der Waals surface area (Å²) in [4.78, 5) is 10.8. The topological polar surface area (TPSA) is 92.8 Å². The van der Waals surface area contributed by atoms with Crippen LogP contribution in [0.5, 0.6) is 0 Å². The molecule has 28 heavy (non-hydrogen) atoms. The molecule has 1 rings (SSSR count). The largest absolute Gasteiger partial charge is 0.396 e. The molecule has 0 heterocycles. The minimum atomic E-state index is -0.337. The lowest BCUT2D eigenvalue weighted by atomic mass is 9.89. The van der Waals surface area contributed by atoms with Crippen molar-refractivity contribution in [3.8, 4) is 0 Å². The van der Waals surface area contributed by atoms with Gasteiger partial charge in [0.1, 0.15) is 0 Å². The quantitative estimate of drug-likeness (QED) is 0.273. The minimum absolute atomic E-state index is 0.0915. The van der Waals surface area contributed by atoms with Crippen molar-refractivity contribution in [3.05, 3.63) is 24.3 Å². The van der Waals surface area contributed by atoms with Crippen LogP contribution in [-0.2, 0) is 9.53 Å². The molecule has 1 fully saturated rings. The Kier molecular flexibility index (Phi) is 14.0. The first-order valence-corrected chi connectivity index (χ1v) is 11.1. The molecule has 4 N–H and O–H groups in total. The van der Waals surface area contributed by atoms with Gasteiger partial charge < -0.3 is 20.7 Å². The Labute approximate surface area is 171 Å². The molecule has 0 radical (unpaired) electrons. The van der Waals surface area contributed by atoms with Gasteiger partial charge in [-0.25, -0.2) is 0 Å². The molecule has 1 amide bonds. The van der Waals surface area contributed by atoms with E-state index in [0.717, 1.165) is 64.4 Å². The van der Waals surface area contributed by atoms with Crippen molar-refractivity contribution < 1.29 is 19.7 Å². The highest BCUT2D eigenvalue weighted by Crippen LogP contribution is 2.38. The van der Waals surface area contributed by atoms with Crippen molar-refractivity contribution in [1.29, 1.82) is 0 Å². The van der Waals surface area contributed by atoms with E-state index in [2.05, 4.69) is 31.2 Å². The van der Waals surface area contributed by atoms with Crippen molar-refractivity contribution in [2.75, 3.05) is 13.2 Å². The van der Waals surface area contributed by atoms with E-state index in [1.807, 2.05) is 0 Å². The van der Waals surface area contributed by atoms with Gasteiger partial charge in [0.15, 0.2) is 0 Å². The average molecular weight is 396 g/mol. The Morgan fingerprint density at radius 1 is 1.11 bits per heavy atom. The maximum Gasteiger partial charge on any atom is 0.217 e. The molecule has 0 saturated heterocycles. The van der Waals surface area contributed by atoms with E-state index in [9.17, 15) is 9.90 Å². The molecule has 0 aromatic heterocycles. The average Bonchev–Trinajstić information content (AvgIpc) is 2.96. The monoisotopic (exact) mass is 395 g/mol. The van der Waals surface area contributed by atoms with Crippen molar-refractivity contribution in [3.63, 3.8) is 0 Å². The van der Waals surface area contributed by atoms with E-state index < -0.39 is 0 Å². The summed E-state index contributed by atoms with van der Waals surface area (Å²) in [5.74, 6) is 0.172. The molecule has 1 unspecified atom stereocenters. The van der Waals surface area contributed by atoms with Crippen LogP contribution >= 0.6 is 0 Å². The minimum Gasteiger partial charge on any atom is -0.396 e. The van der Waals surface area contributed by atoms with Gasteiger partial charge in [-0.3, -0.25) is 4.79 Å².